The van der Waals surface area contributed by atoms with Crippen LogP contribution in [0, 0.1) is 11.8 Å². The summed E-state index contributed by atoms with van der Waals surface area (Å²) in [5.74, 6) is 1.28. The molecular weight excluding hydrogens is 278 g/mol. The predicted octanol–water partition coefficient (Wildman–Crippen LogP) is 2.17. The summed E-state index contributed by atoms with van der Waals surface area (Å²) in [6.45, 7) is 6.71. The molecule has 0 aliphatic carbocycles. The highest BCUT2D eigenvalue weighted by atomic mass is 16.5. The molecule has 2 fully saturated rings. The Hall–Kier alpha value is -0.810. The monoisotopic (exact) mass is 311 g/mol. The zero-order valence-electron chi connectivity index (χ0n) is 14.5. The number of rotatable bonds is 6. The molecule has 0 aromatic heterocycles. The Morgan fingerprint density at radius 1 is 1.32 bits per heavy atom. The summed E-state index contributed by atoms with van der Waals surface area (Å²) in [5, 5.41) is 3.16. The minimum absolute atomic E-state index is 0.117. The third kappa shape index (κ3) is 5.43. The van der Waals surface area contributed by atoms with E-state index in [0.717, 1.165) is 51.5 Å². The Morgan fingerprint density at radius 2 is 2.05 bits per heavy atom. The molecule has 0 radical (unpaired) electrons. The summed E-state index contributed by atoms with van der Waals surface area (Å²) < 4.78 is 5.41. The van der Waals surface area contributed by atoms with Crippen molar-refractivity contribution >= 4 is 6.03 Å². The lowest BCUT2D eigenvalue weighted by molar-refractivity contribution is 0.155. The van der Waals surface area contributed by atoms with E-state index in [2.05, 4.69) is 31.2 Å². The van der Waals surface area contributed by atoms with E-state index in [1.54, 1.807) is 0 Å². The molecular formula is C17H33N3O2. The van der Waals surface area contributed by atoms with Gasteiger partial charge in [-0.25, -0.2) is 4.79 Å². The summed E-state index contributed by atoms with van der Waals surface area (Å²) in [5.41, 5.74) is 0. The van der Waals surface area contributed by atoms with Crippen LogP contribution >= 0.6 is 0 Å². The molecule has 0 saturated carbocycles. The molecule has 2 aliphatic heterocycles. The van der Waals surface area contributed by atoms with Crippen LogP contribution in [0.5, 0.6) is 0 Å². The van der Waals surface area contributed by atoms with Crippen molar-refractivity contribution in [1.29, 1.82) is 0 Å². The van der Waals surface area contributed by atoms with Gasteiger partial charge in [0.15, 0.2) is 0 Å². The molecule has 0 bridgehead atoms. The van der Waals surface area contributed by atoms with Crippen LogP contribution in [0.1, 0.15) is 39.0 Å². The standard InChI is InChI=1S/C17H33N3O2/c1-14(16-8-12-22-13-16)18-17(21)20-10-6-15(7-11-20)5-4-9-19(2)3/h14-16H,4-13H2,1-3H3,(H,18,21)/t14-,16+/m0/s1. The van der Waals surface area contributed by atoms with E-state index >= 15 is 0 Å². The summed E-state index contributed by atoms with van der Waals surface area (Å²) in [6, 6.07) is 0.332. The summed E-state index contributed by atoms with van der Waals surface area (Å²) in [7, 11) is 4.26. The van der Waals surface area contributed by atoms with Crippen LogP contribution in [0.2, 0.25) is 0 Å². The minimum atomic E-state index is 0.117. The van der Waals surface area contributed by atoms with Crippen LogP contribution in [0.25, 0.3) is 0 Å². The zero-order valence-corrected chi connectivity index (χ0v) is 14.5. The second kappa shape index (κ2) is 8.73. The maximum atomic E-state index is 12.3. The number of nitrogens with zero attached hydrogens (tertiary/aromatic N) is 2. The van der Waals surface area contributed by atoms with E-state index in [4.69, 9.17) is 4.74 Å². The average Bonchev–Trinajstić information content (AvgIpc) is 3.02. The second-order valence-electron chi connectivity index (χ2n) is 7.24. The molecule has 5 heteroatoms. The van der Waals surface area contributed by atoms with Gasteiger partial charge >= 0.3 is 6.03 Å². The van der Waals surface area contributed by atoms with Crippen molar-refractivity contribution in [1.82, 2.24) is 15.1 Å². The lowest BCUT2D eigenvalue weighted by atomic mass is 9.92. The van der Waals surface area contributed by atoms with Crippen LogP contribution in [-0.4, -0.2) is 68.8 Å². The first-order chi connectivity index (χ1) is 10.6. The van der Waals surface area contributed by atoms with E-state index < -0.39 is 0 Å². The van der Waals surface area contributed by atoms with Crippen LogP contribution in [0.15, 0.2) is 0 Å². The van der Waals surface area contributed by atoms with Gasteiger partial charge in [-0.3, -0.25) is 0 Å². The molecule has 0 aromatic rings. The van der Waals surface area contributed by atoms with E-state index in [1.807, 2.05) is 4.90 Å². The highest BCUT2D eigenvalue weighted by molar-refractivity contribution is 5.74. The fraction of sp³-hybridized carbons (Fsp3) is 0.941. The predicted molar refractivity (Wildman–Crippen MR) is 89.0 cm³/mol. The molecule has 1 N–H and O–H groups in total. The van der Waals surface area contributed by atoms with Gasteiger partial charge in [-0.1, -0.05) is 0 Å². The number of nitrogens with one attached hydrogen (secondary N) is 1. The smallest absolute Gasteiger partial charge is 0.317 e. The quantitative estimate of drug-likeness (QED) is 0.818. The second-order valence-corrected chi connectivity index (χ2v) is 7.24. The van der Waals surface area contributed by atoms with Crippen LogP contribution in [-0.2, 0) is 4.74 Å². The number of ether oxygens (including phenoxy) is 1. The van der Waals surface area contributed by atoms with Gasteiger partial charge in [0.2, 0.25) is 0 Å². The average molecular weight is 311 g/mol. The number of hydrogen-bond donors (Lipinski definition) is 1. The van der Waals surface area contributed by atoms with Gasteiger partial charge in [-0.15, -0.1) is 0 Å². The SMILES string of the molecule is C[C@H](NC(=O)N1CCC(CCCN(C)C)CC1)[C@@H]1CCOC1. The van der Waals surface area contributed by atoms with Crippen molar-refractivity contribution in [2.75, 3.05) is 46.9 Å². The lowest BCUT2D eigenvalue weighted by Gasteiger charge is -2.33. The van der Waals surface area contributed by atoms with Crippen molar-refractivity contribution < 1.29 is 9.53 Å². The third-order valence-corrected chi connectivity index (χ3v) is 5.14. The topological polar surface area (TPSA) is 44.8 Å². The highest BCUT2D eigenvalue weighted by Crippen LogP contribution is 2.22. The lowest BCUT2D eigenvalue weighted by Crippen LogP contribution is -2.49. The van der Waals surface area contributed by atoms with E-state index in [0.29, 0.717) is 5.92 Å². The number of amides is 2. The van der Waals surface area contributed by atoms with Crippen molar-refractivity contribution in [3.8, 4) is 0 Å². The molecule has 2 amide bonds. The molecule has 0 unspecified atom stereocenters. The third-order valence-electron chi connectivity index (χ3n) is 5.14. The fourth-order valence-electron chi connectivity index (χ4n) is 3.47. The number of carbonyl (C=O) groups is 1. The van der Waals surface area contributed by atoms with Crippen molar-refractivity contribution in [3.05, 3.63) is 0 Å². The maximum absolute atomic E-state index is 12.3. The highest BCUT2D eigenvalue weighted by Gasteiger charge is 2.27. The van der Waals surface area contributed by atoms with Gasteiger partial charge in [-0.2, -0.15) is 0 Å². The van der Waals surface area contributed by atoms with Gasteiger partial charge in [0.25, 0.3) is 0 Å². The molecule has 2 heterocycles. The number of urea groups is 1. The van der Waals surface area contributed by atoms with E-state index in [-0.39, 0.29) is 12.1 Å². The van der Waals surface area contributed by atoms with E-state index in [1.165, 1.54) is 19.4 Å². The van der Waals surface area contributed by atoms with Gasteiger partial charge < -0.3 is 19.9 Å². The number of likely N-dealkylation sites (tertiary alicyclic amines) is 1. The van der Waals surface area contributed by atoms with Gasteiger partial charge in [0.05, 0.1) is 6.61 Å². The molecule has 5 nitrogen and oxygen atoms in total. The number of carbonyl (C=O) groups excluding carboxylic acids is 1. The summed E-state index contributed by atoms with van der Waals surface area (Å²) >= 11 is 0. The maximum Gasteiger partial charge on any atom is 0.317 e. The first-order valence-electron chi connectivity index (χ1n) is 8.84. The Bertz CT molecular complexity index is 335. The zero-order chi connectivity index (χ0) is 15.9. The Labute approximate surface area is 135 Å². The minimum Gasteiger partial charge on any atom is -0.381 e. The molecule has 0 spiro atoms. The summed E-state index contributed by atoms with van der Waals surface area (Å²) in [4.78, 5) is 16.6. The summed E-state index contributed by atoms with van der Waals surface area (Å²) in [6.07, 6.45) is 5.94. The molecule has 2 saturated heterocycles. The number of hydrogen-bond acceptors (Lipinski definition) is 3. The van der Waals surface area contributed by atoms with Gasteiger partial charge in [0, 0.05) is 31.7 Å². The van der Waals surface area contributed by atoms with Gasteiger partial charge in [-0.05, 0) is 65.6 Å². The molecule has 2 aliphatic rings. The van der Waals surface area contributed by atoms with E-state index in [9.17, 15) is 4.79 Å². The first-order valence-corrected chi connectivity index (χ1v) is 8.84. The molecule has 22 heavy (non-hydrogen) atoms. The van der Waals surface area contributed by atoms with Crippen LogP contribution in [0.3, 0.4) is 0 Å². The Morgan fingerprint density at radius 3 is 2.64 bits per heavy atom. The molecule has 2 rings (SSSR count). The Kier molecular flexibility index (Phi) is 6.96. The molecule has 128 valence electrons. The molecule has 0 aromatic carbocycles. The largest absolute Gasteiger partial charge is 0.381 e. The van der Waals surface area contributed by atoms with Gasteiger partial charge in [0.1, 0.15) is 0 Å². The fourth-order valence-corrected chi connectivity index (χ4v) is 3.47. The van der Waals surface area contributed by atoms with Crippen LogP contribution in [0.4, 0.5) is 4.79 Å². The number of piperidine rings is 1. The van der Waals surface area contributed by atoms with Crippen molar-refractivity contribution in [3.63, 3.8) is 0 Å². The first kappa shape index (κ1) is 17.5. The van der Waals surface area contributed by atoms with Crippen LogP contribution < -0.4 is 5.32 Å². The Balaban J connectivity index is 1.64. The normalized spacial score (nSPS) is 24.7. The van der Waals surface area contributed by atoms with Crippen molar-refractivity contribution in [2.24, 2.45) is 11.8 Å². The molecule has 2 atom stereocenters. The van der Waals surface area contributed by atoms with Crippen molar-refractivity contribution in [2.45, 2.75) is 45.1 Å².